The van der Waals surface area contributed by atoms with Gasteiger partial charge in [-0.15, -0.1) is 0 Å². The van der Waals surface area contributed by atoms with Gasteiger partial charge in [-0.1, -0.05) is 28.3 Å². The summed E-state index contributed by atoms with van der Waals surface area (Å²) in [6.45, 7) is 0. The fourth-order valence-electron chi connectivity index (χ4n) is 3.23. The van der Waals surface area contributed by atoms with E-state index in [-0.39, 0.29) is 6.04 Å². The number of aromatic nitrogens is 4. The van der Waals surface area contributed by atoms with Crippen LogP contribution in [0.5, 0.6) is 17.2 Å². The van der Waals surface area contributed by atoms with E-state index in [0.717, 1.165) is 16.8 Å². The fraction of sp³-hybridized carbons (Fsp3) is 0.211. The summed E-state index contributed by atoms with van der Waals surface area (Å²) in [5, 5.41) is 16.2. The predicted molar refractivity (Wildman–Crippen MR) is 110 cm³/mol. The molecule has 1 atom stereocenters. The van der Waals surface area contributed by atoms with Crippen molar-refractivity contribution in [2.45, 2.75) is 6.04 Å². The number of allylic oxidation sites excluding steroid dienone is 1. The van der Waals surface area contributed by atoms with Crippen LogP contribution in [0.25, 0.3) is 5.70 Å². The minimum absolute atomic E-state index is 0.336. The third-order valence-electron chi connectivity index (χ3n) is 4.58. The lowest BCUT2D eigenvalue weighted by atomic mass is 10.0. The second kappa shape index (κ2) is 7.81. The molecule has 1 aliphatic heterocycles. The van der Waals surface area contributed by atoms with E-state index >= 15 is 0 Å². The fourth-order valence-corrected chi connectivity index (χ4v) is 3.74. The lowest BCUT2D eigenvalue weighted by Gasteiger charge is -2.25. The summed E-state index contributed by atoms with van der Waals surface area (Å²) >= 11 is 12.5. The molecule has 0 saturated heterocycles. The van der Waals surface area contributed by atoms with Crippen molar-refractivity contribution in [1.82, 2.24) is 20.2 Å². The van der Waals surface area contributed by atoms with E-state index in [1.165, 1.54) is 0 Å². The molecule has 150 valence electrons. The Bertz CT molecular complexity index is 1070. The van der Waals surface area contributed by atoms with Crippen LogP contribution in [0.1, 0.15) is 17.2 Å². The number of nitrogens with one attached hydrogen (secondary N) is 1. The molecule has 0 spiro atoms. The second-order valence-electron chi connectivity index (χ2n) is 6.18. The first-order valence-corrected chi connectivity index (χ1v) is 9.33. The molecular weight excluding hydrogens is 417 g/mol. The zero-order valence-electron chi connectivity index (χ0n) is 15.8. The van der Waals surface area contributed by atoms with Gasteiger partial charge in [0.05, 0.1) is 26.4 Å². The molecule has 0 fully saturated rings. The number of ether oxygens (including phenoxy) is 3. The minimum atomic E-state index is -0.336. The van der Waals surface area contributed by atoms with Crippen molar-refractivity contribution in [2.75, 3.05) is 26.6 Å². The number of benzene rings is 2. The number of fused-ring (bicyclic) bond motifs is 1. The molecule has 1 aliphatic rings. The van der Waals surface area contributed by atoms with E-state index in [1.54, 1.807) is 38.1 Å². The molecule has 2 heterocycles. The van der Waals surface area contributed by atoms with Crippen molar-refractivity contribution in [3.05, 3.63) is 57.6 Å². The van der Waals surface area contributed by atoms with Gasteiger partial charge in [-0.2, -0.15) is 4.68 Å². The molecule has 1 aromatic heterocycles. The van der Waals surface area contributed by atoms with Crippen molar-refractivity contribution in [3.63, 3.8) is 0 Å². The smallest absolute Gasteiger partial charge is 0.248 e. The molecule has 2 aromatic carbocycles. The Morgan fingerprint density at radius 3 is 2.34 bits per heavy atom. The van der Waals surface area contributed by atoms with Crippen molar-refractivity contribution in [2.24, 2.45) is 0 Å². The summed E-state index contributed by atoms with van der Waals surface area (Å²) < 4.78 is 18.0. The Balaban J connectivity index is 1.87. The van der Waals surface area contributed by atoms with Gasteiger partial charge in [0, 0.05) is 16.3 Å². The number of hydrogen-bond donors (Lipinski definition) is 1. The molecule has 0 amide bonds. The van der Waals surface area contributed by atoms with Crippen LogP contribution in [0, 0.1) is 0 Å². The van der Waals surface area contributed by atoms with E-state index in [2.05, 4.69) is 20.8 Å². The molecule has 4 rings (SSSR count). The molecule has 3 aromatic rings. The van der Waals surface area contributed by atoms with Gasteiger partial charge in [-0.25, -0.2) is 0 Å². The average Bonchev–Trinajstić information content (AvgIpc) is 3.20. The van der Waals surface area contributed by atoms with Crippen LogP contribution >= 0.6 is 23.2 Å². The number of anilines is 1. The van der Waals surface area contributed by atoms with Gasteiger partial charge < -0.3 is 19.5 Å². The first-order valence-electron chi connectivity index (χ1n) is 8.57. The highest BCUT2D eigenvalue weighted by Gasteiger charge is 2.27. The molecule has 1 N–H and O–H groups in total. The molecule has 0 saturated carbocycles. The van der Waals surface area contributed by atoms with Crippen LogP contribution in [0.15, 0.2) is 36.4 Å². The summed E-state index contributed by atoms with van der Waals surface area (Å²) in [4.78, 5) is 0. The third-order valence-corrected chi connectivity index (χ3v) is 5.12. The largest absolute Gasteiger partial charge is 0.493 e. The Morgan fingerprint density at radius 1 is 1.00 bits per heavy atom. The van der Waals surface area contributed by atoms with Crippen LogP contribution in [0.2, 0.25) is 10.0 Å². The molecule has 0 bridgehead atoms. The van der Waals surface area contributed by atoms with E-state index < -0.39 is 0 Å². The van der Waals surface area contributed by atoms with Gasteiger partial charge in [-0.3, -0.25) is 0 Å². The Hall–Kier alpha value is -2.97. The third kappa shape index (κ3) is 3.45. The van der Waals surface area contributed by atoms with Crippen LogP contribution in [0.3, 0.4) is 0 Å². The lowest BCUT2D eigenvalue weighted by Crippen LogP contribution is -2.20. The summed E-state index contributed by atoms with van der Waals surface area (Å²) in [5.41, 5.74) is 2.38. The van der Waals surface area contributed by atoms with E-state index in [0.29, 0.717) is 33.2 Å². The minimum Gasteiger partial charge on any atom is -0.493 e. The Kier molecular flexibility index (Phi) is 5.21. The summed E-state index contributed by atoms with van der Waals surface area (Å²) in [6, 6.07) is 8.69. The van der Waals surface area contributed by atoms with Crippen LogP contribution in [-0.2, 0) is 0 Å². The molecule has 0 aliphatic carbocycles. The highest BCUT2D eigenvalue weighted by atomic mass is 35.5. The highest BCUT2D eigenvalue weighted by Crippen LogP contribution is 2.42. The van der Waals surface area contributed by atoms with Crippen molar-refractivity contribution >= 4 is 34.8 Å². The SMILES string of the molecule is COc1cc(C2C=C(c3ccc(Cl)cc3Cl)Nc3nnnn32)cc(OC)c1OC. The topological polar surface area (TPSA) is 83.3 Å². The van der Waals surface area contributed by atoms with Crippen molar-refractivity contribution in [3.8, 4) is 17.2 Å². The average molecular weight is 434 g/mol. The molecule has 10 heteroatoms. The maximum atomic E-state index is 6.41. The van der Waals surface area contributed by atoms with E-state index in [9.17, 15) is 0 Å². The van der Waals surface area contributed by atoms with Gasteiger partial charge >= 0.3 is 0 Å². The van der Waals surface area contributed by atoms with Crippen LogP contribution in [0.4, 0.5) is 5.95 Å². The number of halogens is 2. The second-order valence-corrected chi connectivity index (χ2v) is 7.02. The maximum Gasteiger partial charge on any atom is 0.248 e. The lowest BCUT2D eigenvalue weighted by molar-refractivity contribution is 0.323. The maximum absolute atomic E-state index is 6.41. The highest BCUT2D eigenvalue weighted by molar-refractivity contribution is 6.35. The van der Waals surface area contributed by atoms with Gasteiger partial charge in [0.15, 0.2) is 11.5 Å². The van der Waals surface area contributed by atoms with E-state index in [1.807, 2.05) is 24.3 Å². The predicted octanol–water partition coefficient (Wildman–Crippen LogP) is 4.06. The molecule has 1 unspecified atom stereocenters. The van der Waals surface area contributed by atoms with Gasteiger partial charge in [0.25, 0.3) is 0 Å². The van der Waals surface area contributed by atoms with Crippen molar-refractivity contribution in [1.29, 1.82) is 0 Å². The molecular formula is C19H17Cl2N5O3. The number of methoxy groups -OCH3 is 3. The van der Waals surface area contributed by atoms with Gasteiger partial charge in [0.1, 0.15) is 6.04 Å². The number of nitrogens with zero attached hydrogens (tertiary/aromatic N) is 4. The normalized spacial score (nSPS) is 15.2. The van der Waals surface area contributed by atoms with Crippen LogP contribution < -0.4 is 19.5 Å². The number of tetrazole rings is 1. The zero-order chi connectivity index (χ0) is 20.5. The molecule has 0 radical (unpaired) electrons. The van der Waals surface area contributed by atoms with Gasteiger partial charge in [-0.05, 0) is 52.4 Å². The summed E-state index contributed by atoms with van der Waals surface area (Å²) in [7, 11) is 4.70. The first-order chi connectivity index (χ1) is 14.0. The first kappa shape index (κ1) is 19.4. The number of rotatable bonds is 5. The van der Waals surface area contributed by atoms with E-state index in [4.69, 9.17) is 37.4 Å². The monoisotopic (exact) mass is 433 g/mol. The molecule has 29 heavy (non-hydrogen) atoms. The Labute approximate surface area is 177 Å². The summed E-state index contributed by atoms with van der Waals surface area (Å²) in [6.07, 6.45) is 1.97. The Morgan fingerprint density at radius 2 is 1.72 bits per heavy atom. The summed E-state index contributed by atoms with van der Waals surface area (Å²) in [5.74, 6) is 2.06. The van der Waals surface area contributed by atoms with Crippen LogP contribution in [-0.4, -0.2) is 41.5 Å². The van der Waals surface area contributed by atoms with Crippen molar-refractivity contribution < 1.29 is 14.2 Å². The zero-order valence-corrected chi connectivity index (χ0v) is 17.3. The molecule has 8 nitrogen and oxygen atoms in total. The quantitative estimate of drug-likeness (QED) is 0.649. The number of hydrogen-bond acceptors (Lipinski definition) is 7. The standard InChI is InChI=1S/C19H17Cl2N5O3/c1-27-16-6-10(7-17(28-2)18(16)29-3)15-9-14(22-19-23-24-25-26(15)19)12-5-4-11(20)8-13(12)21/h4-9,15H,1-3H3,(H,22,23,25). The van der Waals surface area contributed by atoms with Gasteiger partial charge in [0.2, 0.25) is 11.7 Å².